The maximum absolute atomic E-state index is 8.69. The molecule has 0 aliphatic rings. The number of benzene rings is 5. The van der Waals surface area contributed by atoms with Gasteiger partial charge < -0.3 is 14.4 Å². The first-order chi connectivity index (χ1) is 23.8. The second-order valence-corrected chi connectivity index (χ2v) is 19.4. The van der Waals surface area contributed by atoms with Gasteiger partial charge in [0.05, 0.1) is 13.7 Å². The molecule has 0 bridgehead atoms. The molecular weight excluding hydrogens is 793 g/mol. The molecule has 3 aromatic heterocycles. The predicted molar refractivity (Wildman–Crippen MR) is 205 cm³/mol. The van der Waals surface area contributed by atoms with E-state index < -0.39 is 19.9 Å². The predicted octanol–water partition coefficient (Wildman–Crippen LogP) is 11.4. The summed E-state index contributed by atoms with van der Waals surface area (Å²) in [6.45, 7) is 12.7. The van der Waals surface area contributed by atoms with E-state index >= 15 is 0 Å². The second kappa shape index (κ2) is 13.8. The van der Waals surface area contributed by atoms with Crippen LogP contribution in [0.5, 0.6) is 0 Å². The molecule has 0 spiro atoms. The molecule has 3 nitrogen and oxygen atoms in total. The average Bonchev–Trinajstić information content (AvgIpc) is 3.51. The normalized spacial score (nSPS) is 12.7. The zero-order valence-electron chi connectivity index (χ0n) is 30.7. The van der Waals surface area contributed by atoms with E-state index in [0.29, 0.717) is 11.3 Å². The van der Waals surface area contributed by atoms with Crippen LogP contribution in [0.3, 0.4) is 0 Å². The first-order valence-electron chi connectivity index (χ1n) is 17.4. The van der Waals surface area contributed by atoms with E-state index in [1.807, 2.05) is 69.4 Å². The molecule has 49 heavy (non-hydrogen) atoms. The summed E-state index contributed by atoms with van der Waals surface area (Å²) in [5.74, 6) is 0. The molecule has 8 aromatic rings. The fraction of sp³-hybridized carbons (Fsp3) is 0.182. The maximum atomic E-state index is 8.69. The van der Waals surface area contributed by atoms with Crippen LogP contribution >= 0.6 is 0 Å². The Balaban J connectivity index is 0.000000222. The second-order valence-electron chi connectivity index (χ2n) is 14.3. The number of furan rings is 1. The Labute approximate surface area is 306 Å². The Kier molecular flexibility index (Phi) is 8.99. The van der Waals surface area contributed by atoms with Crippen LogP contribution < -0.4 is 5.19 Å². The van der Waals surface area contributed by atoms with Crippen molar-refractivity contribution in [3.63, 3.8) is 0 Å². The van der Waals surface area contributed by atoms with Crippen molar-refractivity contribution in [1.82, 2.24) is 9.97 Å². The van der Waals surface area contributed by atoms with Crippen LogP contribution in [0.1, 0.15) is 29.1 Å². The van der Waals surface area contributed by atoms with E-state index in [9.17, 15) is 0 Å². The number of aromatic nitrogens is 2. The standard InChI is InChI=1S/C30H24NO.C14H16NSi.Ir/c1-30(2,3)18-19-15-16-31-27(17-19)26-10-6-9-23-25-14-13-22-21-8-5-4-7-20(21)11-12-24(22)28(25)32-29(23)26;1-16(2,3)13-9-10-14(15-11-13)12-7-5-4-6-8-12;/h4-9,11-17H,18H2,1-3H3;4-7,9-11H,1-3H3;/q2*-1;/i18D2;;. The van der Waals surface area contributed by atoms with Gasteiger partial charge in [0.15, 0.2) is 0 Å². The van der Waals surface area contributed by atoms with Crippen molar-refractivity contribution in [3.05, 3.63) is 139 Å². The van der Waals surface area contributed by atoms with Gasteiger partial charge in [-0.3, -0.25) is 0 Å². The van der Waals surface area contributed by atoms with Crippen molar-refractivity contribution < 1.29 is 27.3 Å². The molecule has 0 N–H and O–H groups in total. The molecule has 0 saturated carbocycles. The summed E-state index contributed by atoms with van der Waals surface area (Å²) in [6, 6.07) is 43.2. The van der Waals surface area contributed by atoms with Crippen molar-refractivity contribution >= 4 is 56.7 Å². The number of hydrogen-bond donors (Lipinski definition) is 0. The Hall–Kier alpha value is -4.41. The largest absolute Gasteiger partial charge is 0.500 e. The minimum atomic E-state index is -1.51. The van der Waals surface area contributed by atoms with E-state index in [1.54, 1.807) is 12.3 Å². The number of pyridine rings is 2. The Morgan fingerprint density at radius 3 is 2.16 bits per heavy atom. The molecule has 0 saturated heterocycles. The third-order valence-electron chi connectivity index (χ3n) is 8.47. The molecule has 8 rings (SSSR count). The number of fused-ring (bicyclic) bond motifs is 7. The topological polar surface area (TPSA) is 38.9 Å². The van der Waals surface area contributed by atoms with E-state index in [0.717, 1.165) is 49.5 Å². The minimum Gasteiger partial charge on any atom is -0.500 e. The Morgan fingerprint density at radius 1 is 0.694 bits per heavy atom. The summed E-state index contributed by atoms with van der Waals surface area (Å²) in [5, 5.41) is 8.09. The molecular formula is C44H40IrN2OSi-2. The first-order valence-corrected chi connectivity index (χ1v) is 19.9. The van der Waals surface area contributed by atoms with Gasteiger partial charge in [0, 0.05) is 46.0 Å². The van der Waals surface area contributed by atoms with Gasteiger partial charge in [0.1, 0.15) is 5.58 Å². The molecule has 0 aliphatic carbocycles. The minimum absolute atomic E-state index is 0. The van der Waals surface area contributed by atoms with Gasteiger partial charge in [-0.2, -0.15) is 0 Å². The van der Waals surface area contributed by atoms with Gasteiger partial charge in [-0.15, -0.1) is 54.1 Å². The van der Waals surface area contributed by atoms with Crippen molar-refractivity contribution in [1.29, 1.82) is 0 Å². The van der Waals surface area contributed by atoms with Crippen molar-refractivity contribution in [2.24, 2.45) is 5.41 Å². The maximum Gasteiger partial charge on any atom is 0.128 e. The van der Waals surface area contributed by atoms with Crippen molar-refractivity contribution in [2.45, 2.75) is 46.8 Å². The summed E-state index contributed by atoms with van der Waals surface area (Å²) in [4.78, 5) is 9.09. The van der Waals surface area contributed by atoms with Crippen LogP contribution in [0, 0.1) is 17.5 Å². The molecule has 1 radical (unpaired) electrons. The SMILES string of the molecule is C[Si](C)(C)c1ccc(-c2[c-]cccc2)nc1.[2H]C([2H])(c1ccnc(-c2[c-]ccc3c2oc2c3ccc3c4ccccc4ccc32)c1)C(C)(C)C.[Ir]. The molecule has 0 atom stereocenters. The Bertz CT molecular complexity index is 2480. The van der Waals surface area contributed by atoms with Crippen LogP contribution in [0.15, 0.2) is 126 Å². The van der Waals surface area contributed by atoms with Gasteiger partial charge >= 0.3 is 0 Å². The van der Waals surface area contributed by atoms with E-state index in [-0.39, 0.29) is 20.1 Å². The van der Waals surface area contributed by atoms with Crippen LogP contribution in [-0.2, 0) is 26.5 Å². The molecule has 5 aromatic carbocycles. The van der Waals surface area contributed by atoms with E-state index in [2.05, 4.69) is 102 Å². The average molecular weight is 835 g/mol. The van der Waals surface area contributed by atoms with Gasteiger partial charge in [-0.1, -0.05) is 124 Å². The molecule has 3 heterocycles. The molecule has 0 unspecified atom stereocenters. The van der Waals surface area contributed by atoms with Gasteiger partial charge in [-0.25, -0.2) is 0 Å². The summed E-state index contributed by atoms with van der Waals surface area (Å²) in [6.07, 6.45) is 2.18. The first kappa shape index (κ1) is 31.8. The summed E-state index contributed by atoms with van der Waals surface area (Å²) in [5.41, 5.74) is 5.08. The zero-order valence-corrected chi connectivity index (χ0v) is 32.1. The smallest absolute Gasteiger partial charge is 0.128 e. The monoisotopic (exact) mass is 835 g/mol. The quantitative estimate of drug-likeness (QED) is 0.101. The Morgan fingerprint density at radius 2 is 1.43 bits per heavy atom. The molecule has 247 valence electrons. The van der Waals surface area contributed by atoms with Gasteiger partial charge in [0.25, 0.3) is 0 Å². The van der Waals surface area contributed by atoms with Crippen molar-refractivity contribution in [2.75, 3.05) is 0 Å². The molecule has 0 fully saturated rings. The fourth-order valence-electron chi connectivity index (χ4n) is 6.10. The number of nitrogens with zero attached hydrogens (tertiary/aromatic N) is 2. The molecule has 0 amide bonds. The van der Waals surface area contributed by atoms with Gasteiger partial charge in [-0.05, 0) is 50.6 Å². The zero-order chi connectivity index (χ0) is 35.3. The van der Waals surface area contributed by atoms with Crippen LogP contribution in [0.4, 0.5) is 0 Å². The third-order valence-corrected chi connectivity index (χ3v) is 10.5. The van der Waals surface area contributed by atoms with E-state index in [4.69, 9.17) is 7.16 Å². The van der Waals surface area contributed by atoms with Crippen LogP contribution in [0.2, 0.25) is 19.6 Å². The van der Waals surface area contributed by atoms with Crippen LogP contribution in [-0.4, -0.2) is 18.0 Å². The molecule has 0 aliphatic heterocycles. The summed E-state index contributed by atoms with van der Waals surface area (Å²) >= 11 is 0. The van der Waals surface area contributed by atoms with Crippen LogP contribution in [0.25, 0.3) is 66.0 Å². The summed E-state index contributed by atoms with van der Waals surface area (Å²) in [7, 11) is -1.23. The fourth-order valence-corrected chi connectivity index (χ4v) is 7.14. The van der Waals surface area contributed by atoms with Gasteiger partial charge in [0.2, 0.25) is 0 Å². The van der Waals surface area contributed by atoms with E-state index in [1.165, 1.54) is 16.0 Å². The van der Waals surface area contributed by atoms with Crippen molar-refractivity contribution in [3.8, 4) is 22.5 Å². The molecule has 5 heteroatoms. The number of hydrogen-bond acceptors (Lipinski definition) is 3. The summed E-state index contributed by atoms with van der Waals surface area (Å²) < 4.78 is 23.9. The third kappa shape index (κ3) is 7.30. The number of rotatable bonds is 4.